The van der Waals surface area contributed by atoms with Gasteiger partial charge in [0.2, 0.25) is 5.91 Å². The first-order valence-electron chi connectivity index (χ1n) is 6.79. The summed E-state index contributed by atoms with van der Waals surface area (Å²) in [4.78, 5) is 15.8. The molecule has 0 saturated heterocycles. The third-order valence-electron chi connectivity index (χ3n) is 3.29. The second-order valence-corrected chi connectivity index (χ2v) is 4.99. The number of anilines is 1. The van der Waals surface area contributed by atoms with Crippen molar-refractivity contribution in [2.45, 2.75) is 25.3 Å². The number of amides is 1. The van der Waals surface area contributed by atoms with Crippen LogP contribution >= 0.6 is 0 Å². The van der Waals surface area contributed by atoms with Crippen molar-refractivity contribution in [3.8, 4) is 5.75 Å². The Labute approximate surface area is 117 Å². The van der Waals surface area contributed by atoms with Crippen LogP contribution in [0.5, 0.6) is 5.75 Å². The summed E-state index contributed by atoms with van der Waals surface area (Å²) in [7, 11) is 0. The first kappa shape index (κ1) is 12.7. The van der Waals surface area contributed by atoms with Gasteiger partial charge in [-0.1, -0.05) is 0 Å². The Morgan fingerprint density at radius 2 is 2.25 bits per heavy atom. The minimum Gasteiger partial charge on any atom is -0.492 e. The van der Waals surface area contributed by atoms with Gasteiger partial charge in [-0.25, -0.2) is 0 Å². The number of nitrogen functional groups attached to an aromatic ring is 1. The van der Waals surface area contributed by atoms with Gasteiger partial charge in [0.25, 0.3) is 0 Å². The number of fused-ring (bicyclic) bond motifs is 1. The minimum atomic E-state index is 0.0466. The Kier molecular flexibility index (Phi) is 3.41. The fourth-order valence-corrected chi connectivity index (χ4v) is 2.08. The molecule has 5 nitrogen and oxygen atoms in total. The highest BCUT2D eigenvalue weighted by molar-refractivity contribution is 5.93. The molecule has 3 N–H and O–H groups in total. The van der Waals surface area contributed by atoms with Gasteiger partial charge < -0.3 is 15.8 Å². The zero-order chi connectivity index (χ0) is 13.9. The van der Waals surface area contributed by atoms with Crippen LogP contribution in [0.25, 0.3) is 10.9 Å². The molecular weight excluding hydrogens is 254 g/mol. The fraction of sp³-hybridized carbons (Fsp3) is 0.333. The van der Waals surface area contributed by atoms with E-state index in [9.17, 15) is 4.79 Å². The van der Waals surface area contributed by atoms with E-state index in [2.05, 4.69) is 10.3 Å². The van der Waals surface area contributed by atoms with Crippen molar-refractivity contribution in [3.05, 3.63) is 30.5 Å². The molecule has 2 aromatic rings. The lowest BCUT2D eigenvalue weighted by Crippen LogP contribution is -2.26. The number of carbonyl (C=O) groups is 1. The molecule has 3 rings (SSSR count). The summed E-state index contributed by atoms with van der Waals surface area (Å²) in [6.07, 6.45) is 4.26. The zero-order valence-electron chi connectivity index (χ0n) is 11.1. The van der Waals surface area contributed by atoms with E-state index in [-0.39, 0.29) is 5.91 Å². The van der Waals surface area contributed by atoms with Gasteiger partial charge in [0.1, 0.15) is 5.75 Å². The van der Waals surface area contributed by atoms with Crippen molar-refractivity contribution in [2.75, 3.05) is 12.3 Å². The molecule has 1 heterocycles. The average molecular weight is 271 g/mol. The van der Waals surface area contributed by atoms with Crippen molar-refractivity contribution >= 4 is 22.5 Å². The van der Waals surface area contributed by atoms with Crippen molar-refractivity contribution in [1.82, 2.24) is 10.3 Å². The van der Waals surface area contributed by atoms with E-state index in [1.807, 2.05) is 18.2 Å². The van der Waals surface area contributed by atoms with Crippen LogP contribution in [-0.4, -0.2) is 23.5 Å². The van der Waals surface area contributed by atoms with Gasteiger partial charge >= 0.3 is 0 Å². The third kappa shape index (κ3) is 2.82. The topological polar surface area (TPSA) is 77.2 Å². The summed E-state index contributed by atoms with van der Waals surface area (Å²) in [5.74, 6) is 0.756. The van der Waals surface area contributed by atoms with Crippen LogP contribution in [0.15, 0.2) is 30.5 Å². The molecule has 104 valence electrons. The normalized spacial score (nSPS) is 14.2. The van der Waals surface area contributed by atoms with Crippen molar-refractivity contribution in [3.63, 3.8) is 0 Å². The summed E-state index contributed by atoms with van der Waals surface area (Å²) < 4.78 is 5.69. The maximum Gasteiger partial charge on any atom is 0.223 e. The van der Waals surface area contributed by atoms with Gasteiger partial charge in [-0.2, -0.15) is 0 Å². The number of hydrogen-bond acceptors (Lipinski definition) is 4. The summed E-state index contributed by atoms with van der Waals surface area (Å²) in [5.41, 5.74) is 7.24. The number of carbonyl (C=O) groups excluding carboxylic acids is 1. The van der Waals surface area contributed by atoms with Gasteiger partial charge in [0.05, 0.1) is 24.2 Å². The quantitative estimate of drug-likeness (QED) is 0.814. The second kappa shape index (κ2) is 5.36. The number of benzene rings is 1. The molecule has 1 aliphatic carbocycles. The van der Waals surface area contributed by atoms with Crippen molar-refractivity contribution in [1.29, 1.82) is 0 Å². The number of hydrogen-bond donors (Lipinski definition) is 2. The van der Waals surface area contributed by atoms with E-state index >= 15 is 0 Å². The third-order valence-corrected chi connectivity index (χ3v) is 3.29. The molecule has 0 unspecified atom stereocenters. The Balaban J connectivity index is 1.65. The van der Waals surface area contributed by atoms with Crippen molar-refractivity contribution < 1.29 is 9.53 Å². The Bertz CT molecular complexity index is 638. The summed E-state index contributed by atoms with van der Waals surface area (Å²) in [6, 6.07) is 7.74. The van der Waals surface area contributed by atoms with E-state index in [1.54, 1.807) is 12.3 Å². The molecule has 1 amide bonds. The van der Waals surface area contributed by atoms with Crippen LogP contribution in [0.2, 0.25) is 0 Å². The lowest BCUT2D eigenvalue weighted by Gasteiger charge is -2.10. The molecule has 1 saturated carbocycles. The van der Waals surface area contributed by atoms with E-state index in [1.165, 1.54) is 0 Å². The lowest BCUT2D eigenvalue weighted by atomic mass is 10.2. The number of ether oxygens (including phenoxy) is 1. The molecule has 0 aliphatic heterocycles. The zero-order valence-corrected chi connectivity index (χ0v) is 11.1. The second-order valence-electron chi connectivity index (χ2n) is 4.99. The number of aromatic nitrogens is 1. The lowest BCUT2D eigenvalue weighted by molar-refractivity contribution is -0.121. The molecule has 0 spiro atoms. The van der Waals surface area contributed by atoms with Crippen molar-refractivity contribution in [2.24, 2.45) is 0 Å². The SMILES string of the molecule is Nc1ccc(OCCC(=O)NC2CC2)c2cccnc12. The fourth-order valence-electron chi connectivity index (χ4n) is 2.08. The Morgan fingerprint density at radius 1 is 1.40 bits per heavy atom. The van der Waals surface area contributed by atoms with E-state index < -0.39 is 0 Å². The molecule has 0 atom stereocenters. The molecule has 20 heavy (non-hydrogen) atoms. The van der Waals surface area contributed by atoms with Gasteiger partial charge in [-0.05, 0) is 37.1 Å². The van der Waals surface area contributed by atoms with Crippen LogP contribution in [0, 0.1) is 0 Å². The van der Waals surface area contributed by atoms with Gasteiger partial charge in [-0.3, -0.25) is 9.78 Å². The average Bonchev–Trinajstić information content (AvgIpc) is 3.26. The number of pyridine rings is 1. The van der Waals surface area contributed by atoms with Gasteiger partial charge in [0, 0.05) is 17.6 Å². The van der Waals surface area contributed by atoms with Crippen LogP contribution in [-0.2, 0) is 4.79 Å². The summed E-state index contributed by atoms with van der Waals surface area (Å²) in [6.45, 7) is 0.354. The Morgan fingerprint density at radius 3 is 3.05 bits per heavy atom. The highest BCUT2D eigenvalue weighted by Crippen LogP contribution is 2.28. The molecule has 0 radical (unpaired) electrons. The number of nitrogens with zero attached hydrogens (tertiary/aromatic N) is 1. The first-order chi connectivity index (χ1) is 9.74. The van der Waals surface area contributed by atoms with Crippen LogP contribution in [0.1, 0.15) is 19.3 Å². The minimum absolute atomic E-state index is 0.0466. The first-order valence-corrected chi connectivity index (χ1v) is 6.79. The predicted octanol–water partition coefficient (Wildman–Crippen LogP) is 1.86. The molecule has 1 aliphatic rings. The van der Waals surface area contributed by atoms with E-state index in [0.29, 0.717) is 30.5 Å². The molecule has 0 bridgehead atoms. The maximum absolute atomic E-state index is 11.6. The van der Waals surface area contributed by atoms with E-state index in [4.69, 9.17) is 10.5 Å². The molecular formula is C15H17N3O2. The molecule has 1 aromatic carbocycles. The molecule has 1 aromatic heterocycles. The summed E-state index contributed by atoms with van der Waals surface area (Å²) in [5, 5.41) is 3.81. The largest absolute Gasteiger partial charge is 0.492 e. The molecule has 5 heteroatoms. The highest BCUT2D eigenvalue weighted by atomic mass is 16.5. The highest BCUT2D eigenvalue weighted by Gasteiger charge is 2.22. The predicted molar refractivity (Wildman–Crippen MR) is 77.4 cm³/mol. The monoisotopic (exact) mass is 271 g/mol. The number of nitrogens with one attached hydrogen (secondary N) is 1. The standard InChI is InChI=1S/C15H17N3O2/c16-12-5-6-13(11-2-1-8-17-15(11)12)20-9-7-14(19)18-10-3-4-10/h1-2,5-6,8,10H,3-4,7,9,16H2,(H,18,19). The number of rotatable bonds is 5. The molecule has 1 fully saturated rings. The van der Waals surface area contributed by atoms with Gasteiger partial charge in [-0.15, -0.1) is 0 Å². The van der Waals surface area contributed by atoms with Crippen LogP contribution < -0.4 is 15.8 Å². The summed E-state index contributed by atoms with van der Waals surface area (Å²) >= 11 is 0. The van der Waals surface area contributed by atoms with E-state index in [0.717, 1.165) is 23.7 Å². The van der Waals surface area contributed by atoms with Crippen LogP contribution in [0.3, 0.4) is 0 Å². The van der Waals surface area contributed by atoms with Gasteiger partial charge in [0.15, 0.2) is 0 Å². The maximum atomic E-state index is 11.6. The van der Waals surface area contributed by atoms with Crippen LogP contribution in [0.4, 0.5) is 5.69 Å². The Hall–Kier alpha value is -2.30. The number of nitrogens with two attached hydrogens (primary N) is 1. The smallest absolute Gasteiger partial charge is 0.223 e.